The van der Waals surface area contributed by atoms with Crippen LogP contribution in [0.3, 0.4) is 0 Å². The Bertz CT molecular complexity index is 1120. The molecule has 192 valence electrons. The number of hydrogen-bond acceptors (Lipinski definition) is 5. The van der Waals surface area contributed by atoms with Crippen molar-refractivity contribution in [1.82, 2.24) is 10.2 Å². The quantitative estimate of drug-likeness (QED) is 0.629. The van der Waals surface area contributed by atoms with Crippen molar-refractivity contribution < 1.29 is 9.59 Å². The standard InChI is InChI=1S/C29H39N5O2/c1-21-8-9-22(2)26(19-21)33-17-15-32(16-18-33)13-6-12-30-28(35)23-10-11-24-27(20-23)31(3)29(36)25-7-4-5-14-34(24)25/h8-11,19-20,25H,4-7,12-18H2,1-3H3,(H,30,35)/t25-/m1/s1. The van der Waals surface area contributed by atoms with Crippen LogP contribution in [0.4, 0.5) is 17.1 Å². The summed E-state index contributed by atoms with van der Waals surface area (Å²) in [7, 11) is 1.83. The van der Waals surface area contributed by atoms with Gasteiger partial charge in [0.1, 0.15) is 6.04 Å². The minimum atomic E-state index is -0.0702. The summed E-state index contributed by atoms with van der Waals surface area (Å²) in [5, 5.41) is 3.08. The third-order valence-electron chi connectivity index (χ3n) is 8.04. The maximum Gasteiger partial charge on any atom is 0.251 e. The van der Waals surface area contributed by atoms with Crippen molar-refractivity contribution in [3.63, 3.8) is 0 Å². The first-order valence-corrected chi connectivity index (χ1v) is 13.4. The van der Waals surface area contributed by atoms with Gasteiger partial charge >= 0.3 is 0 Å². The third kappa shape index (κ3) is 4.94. The summed E-state index contributed by atoms with van der Waals surface area (Å²) in [4.78, 5) is 34.7. The van der Waals surface area contributed by atoms with E-state index in [0.29, 0.717) is 12.1 Å². The Labute approximate surface area is 215 Å². The lowest BCUT2D eigenvalue weighted by Crippen LogP contribution is -2.54. The van der Waals surface area contributed by atoms with Gasteiger partial charge in [-0.15, -0.1) is 0 Å². The number of carbonyl (C=O) groups excluding carboxylic acids is 2. The van der Waals surface area contributed by atoms with Crippen LogP contribution in [-0.2, 0) is 4.79 Å². The van der Waals surface area contributed by atoms with E-state index in [0.717, 1.165) is 76.3 Å². The minimum absolute atomic E-state index is 0.0568. The van der Waals surface area contributed by atoms with Gasteiger partial charge in [0.15, 0.2) is 0 Å². The van der Waals surface area contributed by atoms with Gasteiger partial charge in [0.2, 0.25) is 5.91 Å². The number of aryl methyl sites for hydroxylation is 2. The predicted molar refractivity (Wildman–Crippen MR) is 146 cm³/mol. The summed E-state index contributed by atoms with van der Waals surface area (Å²) >= 11 is 0. The van der Waals surface area contributed by atoms with Crippen LogP contribution >= 0.6 is 0 Å². The Kier molecular flexibility index (Phi) is 7.19. The molecule has 36 heavy (non-hydrogen) atoms. The molecule has 0 unspecified atom stereocenters. The van der Waals surface area contributed by atoms with Crippen LogP contribution in [0.2, 0.25) is 0 Å². The number of benzene rings is 2. The smallest absolute Gasteiger partial charge is 0.251 e. The van der Waals surface area contributed by atoms with E-state index in [2.05, 4.69) is 52.1 Å². The van der Waals surface area contributed by atoms with Gasteiger partial charge < -0.3 is 20.0 Å². The van der Waals surface area contributed by atoms with E-state index in [4.69, 9.17) is 0 Å². The molecule has 1 atom stereocenters. The minimum Gasteiger partial charge on any atom is -0.369 e. The van der Waals surface area contributed by atoms with Crippen LogP contribution in [-0.4, -0.2) is 75.6 Å². The molecule has 0 bridgehead atoms. The molecule has 0 aromatic heterocycles. The average molecular weight is 490 g/mol. The molecule has 2 fully saturated rings. The highest BCUT2D eigenvalue weighted by atomic mass is 16.2. The molecule has 1 N–H and O–H groups in total. The lowest BCUT2D eigenvalue weighted by atomic mass is 9.96. The second-order valence-electron chi connectivity index (χ2n) is 10.5. The number of piperidine rings is 1. The molecule has 0 spiro atoms. The Morgan fingerprint density at radius 3 is 2.56 bits per heavy atom. The first kappa shape index (κ1) is 24.6. The van der Waals surface area contributed by atoms with Crippen molar-refractivity contribution in [2.45, 2.75) is 45.6 Å². The van der Waals surface area contributed by atoms with Crippen LogP contribution < -0.4 is 20.0 Å². The second-order valence-corrected chi connectivity index (χ2v) is 10.5. The van der Waals surface area contributed by atoms with Crippen molar-refractivity contribution in [2.24, 2.45) is 0 Å². The lowest BCUT2D eigenvalue weighted by Gasteiger charge is -2.44. The number of piperazine rings is 1. The maximum absolute atomic E-state index is 12.9. The van der Waals surface area contributed by atoms with Crippen molar-refractivity contribution in [1.29, 1.82) is 0 Å². The molecule has 5 rings (SSSR count). The first-order chi connectivity index (χ1) is 17.4. The van der Waals surface area contributed by atoms with E-state index >= 15 is 0 Å². The molecule has 3 aliphatic heterocycles. The molecule has 2 amide bonds. The highest BCUT2D eigenvalue weighted by Crippen LogP contribution is 2.39. The molecule has 7 heteroatoms. The summed E-state index contributed by atoms with van der Waals surface area (Å²) in [5.41, 5.74) is 6.53. The lowest BCUT2D eigenvalue weighted by molar-refractivity contribution is -0.120. The van der Waals surface area contributed by atoms with Gasteiger partial charge in [-0.3, -0.25) is 14.5 Å². The van der Waals surface area contributed by atoms with E-state index in [1.165, 1.54) is 16.8 Å². The number of carbonyl (C=O) groups is 2. The van der Waals surface area contributed by atoms with Crippen molar-refractivity contribution >= 4 is 28.9 Å². The summed E-state index contributed by atoms with van der Waals surface area (Å²) in [6.45, 7) is 11.0. The van der Waals surface area contributed by atoms with Gasteiger partial charge in [-0.2, -0.15) is 0 Å². The normalized spacial score (nSPS) is 20.2. The zero-order chi connectivity index (χ0) is 25.2. The fourth-order valence-electron chi connectivity index (χ4n) is 5.87. The van der Waals surface area contributed by atoms with E-state index in [1.807, 2.05) is 25.2 Å². The van der Waals surface area contributed by atoms with Crippen LogP contribution in [0.1, 0.15) is 47.2 Å². The molecular formula is C29H39N5O2. The molecule has 2 aromatic carbocycles. The molecule has 2 aromatic rings. The Hall–Kier alpha value is -3.06. The van der Waals surface area contributed by atoms with Gasteiger partial charge in [0.05, 0.1) is 11.4 Å². The first-order valence-electron chi connectivity index (χ1n) is 13.4. The molecule has 0 radical (unpaired) electrons. The Morgan fingerprint density at radius 2 is 1.75 bits per heavy atom. The van der Waals surface area contributed by atoms with E-state index < -0.39 is 0 Å². The van der Waals surface area contributed by atoms with Gasteiger partial charge in [0.25, 0.3) is 5.91 Å². The summed E-state index contributed by atoms with van der Waals surface area (Å²) in [5.74, 6) is 0.0663. The SMILES string of the molecule is Cc1ccc(C)c(N2CCN(CCCNC(=O)c3ccc4c(c3)N(C)C(=O)[C@H]3CCCCN43)CC2)c1. The largest absolute Gasteiger partial charge is 0.369 e. The number of likely N-dealkylation sites (N-methyl/N-ethyl adjacent to an activating group) is 1. The number of fused-ring (bicyclic) bond motifs is 3. The molecule has 0 aliphatic carbocycles. The second kappa shape index (κ2) is 10.5. The monoisotopic (exact) mass is 489 g/mol. The molecule has 3 aliphatic rings. The Balaban J connectivity index is 1.10. The topological polar surface area (TPSA) is 59.1 Å². The number of amides is 2. The predicted octanol–water partition coefficient (Wildman–Crippen LogP) is 3.58. The van der Waals surface area contributed by atoms with Gasteiger partial charge in [-0.25, -0.2) is 0 Å². The molecular weight excluding hydrogens is 450 g/mol. The fourth-order valence-corrected chi connectivity index (χ4v) is 5.87. The van der Waals surface area contributed by atoms with E-state index in [1.54, 1.807) is 4.90 Å². The molecule has 7 nitrogen and oxygen atoms in total. The van der Waals surface area contributed by atoms with Crippen LogP contribution in [0.15, 0.2) is 36.4 Å². The van der Waals surface area contributed by atoms with Crippen molar-refractivity contribution in [3.05, 3.63) is 53.1 Å². The molecule has 2 saturated heterocycles. The maximum atomic E-state index is 12.9. The van der Waals surface area contributed by atoms with Crippen LogP contribution in [0, 0.1) is 13.8 Å². The van der Waals surface area contributed by atoms with Crippen LogP contribution in [0.25, 0.3) is 0 Å². The van der Waals surface area contributed by atoms with E-state index in [9.17, 15) is 9.59 Å². The number of rotatable bonds is 6. The summed E-state index contributed by atoms with van der Waals surface area (Å²) < 4.78 is 0. The molecule has 0 saturated carbocycles. The van der Waals surface area contributed by atoms with E-state index in [-0.39, 0.29) is 17.9 Å². The third-order valence-corrected chi connectivity index (χ3v) is 8.04. The fraction of sp³-hybridized carbons (Fsp3) is 0.517. The van der Waals surface area contributed by atoms with Gasteiger partial charge in [0, 0.05) is 57.6 Å². The van der Waals surface area contributed by atoms with Crippen LogP contribution in [0.5, 0.6) is 0 Å². The highest BCUT2D eigenvalue weighted by molar-refractivity contribution is 6.07. The zero-order valence-electron chi connectivity index (χ0n) is 21.9. The number of nitrogens with zero attached hydrogens (tertiary/aromatic N) is 4. The number of nitrogens with one attached hydrogen (secondary N) is 1. The number of hydrogen-bond donors (Lipinski definition) is 1. The van der Waals surface area contributed by atoms with Gasteiger partial charge in [-0.05, 0) is 81.5 Å². The van der Waals surface area contributed by atoms with Gasteiger partial charge in [-0.1, -0.05) is 12.1 Å². The molecule has 3 heterocycles. The van der Waals surface area contributed by atoms with Crippen molar-refractivity contribution in [3.8, 4) is 0 Å². The zero-order valence-corrected chi connectivity index (χ0v) is 21.9. The summed E-state index contributed by atoms with van der Waals surface area (Å²) in [6.07, 6.45) is 4.04. The summed E-state index contributed by atoms with van der Waals surface area (Å²) in [6, 6.07) is 12.4. The Morgan fingerprint density at radius 1 is 0.944 bits per heavy atom. The highest BCUT2D eigenvalue weighted by Gasteiger charge is 2.38. The average Bonchev–Trinajstić information content (AvgIpc) is 2.91. The number of anilines is 3. The van der Waals surface area contributed by atoms with Crippen molar-refractivity contribution in [2.75, 3.05) is 67.6 Å².